The van der Waals surface area contributed by atoms with Crippen molar-refractivity contribution in [2.75, 3.05) is 14.1 Å². The predicted molar refractivity (Wildman–Crippen MR) is 70.8 cm³/mol. The summed E-state index contributed by atoms with van der Waals surface area (Å²) in [5, 5.41) is 8.62. The summed E-state index contributed by atoms with van der Waals surface area (Å²) < 4.78 is 23.9. The smallest absolute Gasteiger partial charge is 0.180 e. The van der Waals surface area contributed by atoms with Crippen LogP contribution in [0.3, 0.4) is 0 Å². The van der Waals surface area contributed by atoms with Crippen LogP contribution >= 0.6 is 0 Å². The van der Waals surface area contributed by atoms with Crippen molar-refractivity contribution in [1.82, 2.24) is 4.90 Å². The number of hydrogen-bond acceptors (Lipinski definition) is 4. The highest BCUT2D eigenvalue weighted by Crippen LogP contribution is 2.21. The highest BCUT2D eigenvalue weighted by Gasteiger charge is 2.20. The van der Waals surface area contributed by atoms with Crippen molar-refractivity contribution in [3.8, 4) is 6.07 Å². The van der Waals surface area contributed by atoms with E-state index in [0.717, 1.165) is 5.56 Å². The van der Waals surface area contributed by atoms with Gasteiger partial charge in [0.05, 0.1) is 16.2 Å². The lowest BCUT2D eigenvalue weighted by molar-refractivity contribution is 0.358. The van der Waals surface area contributed by atoms with E-state index in [1.165, 1.54) is 0 Å². The number of rotatable bonds is 4. The van der Waals surface area contributed by atoms with Gasteiger partial charge in [-0.25, -0.2) is 8.42 Å². The molecule has 1 aromatic carbocycles. The monoisotopic (exact) mass is 266 g/mol. The standard InChI is InChI=1S/C13H18N2O2S/c1-10(2)18(16,17)12-7-5-11(6-8-12)13(9-14)15(3)4/h5-8,10,13H,1-4H3. The summed E-state index contributed by atoms with van der Waals surface area (Å²) in [5.74, 6) is 0. The molecule has 0 amide bonds. The van der Waals surface area contributed by atoms with E-state index >= 15 is 0 Å². The van der Waals surface area contributed by atoms with Crippen molar-refractivity contribution >= 4 is 9.84 Å². The zero-order chi connectivity index (χ0) is 13.9. The van der Waals surface area contributed by atoms with E-state index < -0.39 is 15.1 Å². The largest absolute Gasteiger partial charge is 0.291 e. The SMILES string of the molecule is CC(C)S(=O)(=O)c1ccc(C(C#N)N(C)C)cc1. The maximum atomic E-state index is 11.9. The van der Waals surface area contributed by atoms with Gasteiger partial charge in [0.25, 0.3) is 0 Å². The molecule has 0 bridgehead atoms. The fourth-order valence-electron chi connectivity index (χ4n) is 1.60. The molecule has 1 unspecified atom stereocenters. The Morgan fingerprint density at radius 3 is 2.00 bits per heavy atom. The molecule has 0 radical (unpaired) electrons. The first-order valence-corrected chi connectivity index (χ1v) is 7.25. The minimum atomic E-state index is -3.24. The second-order valence-electron chi connectivity index (χ2n) is 4.66. The molecule has 18 heavy (non-hydrogen) atoms. The topological polar surface area (TPSA) is 61.2 Å². The second kappa shape index (κ2) is 5.51. The Bertz CT molecular complexity index is 539. The van der Waals surface area contributed by atoms with E-state index in [9.17, 15) is 8.42 Å². The molecular formula is C13H18N2O2S. The normalized spacial score (nSPS) is 13.6. The Hall–Kier alpha value is -1.38. The summed E-state index contributed by atoms with van der Waals surface area (Å²) in [6.07, 6.45) is 0. The molecule has 0 aliphatic heterocycles. The van der Waals surface area contributed by atoms with Crippen molar-refractivity contribution in [1.29, 1.82) is 5.26 Å². The van der Waals surface area contributed by atoms with Crippen LogP contribution in [0.15, 0.2) is 29.2 Å². The minimum Gasteiger partial charge on any atom is -0.291 e. The lowest BCUT2D eigenvalue weighted by Gasteiger charge is -2.17. The molecule has 0 N–H and O–H groups in total. The molecule has 0 saturated heterocycles. The van der Waals surface area contributed by atoms with Gasteiger partial charge in [-0.1, -0.05) is 12.1 Å². The number of nitrogens with zero attached hydrogens (tertiary/aromatic N) is 2. The summed E-state index contributed by atoms with van der Waals surface area (Å²) in [4.78, 5) is 2.09. The molecule has 0 saturated carbocycles. The van der Waals surface area contributed by atoms with Crippen molar-refractivity contribution < 1.29 is 8.42 Å². The molecule has 0 fully saturated rings. The average Bonchev–Trinajstić information content (AvgIpc) is 2.30. The molecule has 0 aliphatic rings. The maximum Gasteiger partial charge on any atom is 0.180 e. The van der Waals surface area contributed by atoms with Crippen molar-refractivity contribution in [2.45, 2.75) is 30.0 Å². The molecular weight excluding hydrogens is 248 g/mol. The number of hydrogen-bond donors (Lipinski definition) is 0. The third-order valence-corrected chi connectivity index (χ3v) is 4.95. The van der Waals surface area contributed by atoms with Gasteiger partial charge in [-0.2, -0.15) is 5.26 Å². The summed E-state index contributed by atoms with van der Waals surface area (Å²) in [5.41, 5.74) is 0.796. The van der Waals surface area contributed by atoms with Crippen molar-refractivity contribution in [3.05, 3.63) is 29.8 Å². The molecule has 0 spiro atoms. The fraction of sp³-hybridized carbons (Fsp3) is 0.462. The quantitative estimate of drug-likeness (QED) is 0.836. The highest BCUT2D eigenvalue weighted by atomic mass is 32.2. The van der Waals surface area contributed by atoms with Gasteiger partial charge in [-0.05, 0) is 45.6 Å². The van der Waals surface area contributed by atoms with E-state index in [0.29, 0.717) is 4.90 Å². The maximum absolute atomic E-state index is 11.9. The lowest BCUT2D eigenvalue weighted by Crippen LogP contribution is -2.18. The van der Waals surface area contributed by atoms with Crippen LogP contribution in [0, 0.1) is 11.3 Å². The van der Waals surface area contributed by atoms with E-state index in [2.05, 4.69) is 6.07 Å². The summed E-state index contributed by atoms with van der Waals surface area (Å²) >= 11 is 0. The van der Waals surface area contributed by atoms with Crippen LogP contribution < -0.4 is 0 Å². The molecule has 0 aromatic heterocycles. The first kappa shape index (κ1) is 14.7. The van der Waals surface area contributed by atoms with Crippen LogP contribution in [0.25, 0.3) is 0 Å². The third-order valence-electron chi connectivity index (χ3n) is 2.78. The first-order valence-electron chi connectivity index (χ1n) is 5.70. The van der Waals surface area contributed by atoms with Crippen LogP contribution in [0.5, 0.6) is 0 Å². The Morgan fingerprint density at radius 2 is 1.67 bits per heavy atom. The second-order valence-corrected chi connectivity index (χ2v) is 7.16. The van der Waals surface area contributed by atoms with Crippen LogP contribution in [0.2, 0.25) is 0 Å². The molecule has 0 aliphatic carbocycles. The molecule has 5 heteroatoms. The number of sulfone groups is 1. The predicted octanol–water partition coefficient (Wildman–Crippen LogP) is 1.99. The molecule has 1 rings (SSSR count). The first-order chi connectivity index (χ1) is 8.30. The number of nitriles is 1. The molecule has 1 atom stereocenters. The van der Waals surface area contributed by atoms with Crippen LogP contribution in [-0.2, 0) is 9.84 Å². The highest BCUT2D eigenvalue weighted by molar-refractivity contribution is 7.92. The van der Waals surface area contributed by atoms with Crippen LogP contribution in [0.1, 0.15) is 25.5 Å². The molecule has 1 aromatic rings. The van der Waals surface area contributed by atoms with Gasteiger partial charge in [-0.15, -0.1) is 0 Å². The molecule has 98 valence electrons. The van der Waals surface area contributed by atoms with Gasteiger partial charge >= 0.3 is 0 Å². The fourth-order valence-corrected chi connectivity index (χ4v) is 2.66. The Morgan fingerprint density at radius 1 is 1.17 bits per heavy atom. The summed E-state index contributed by atoms with van der Waals surface area (Å²) in [6, 6.07) is 8.35. The number of benzene rings is 1. The zero-order valence-electron chi connectivity index (χ0n) is 11.1. The molecule has 0 heterocycles. The van der Waals surface area contributed by atoms with Gasteiger partial charge < -0.3 is 0 Å². The van der Waals surface area contributed by atoms with E-state index in [1.54, 1.807) is 43.0 Å². The van der Waals surface area contributed by atoms with Gasteiger partial charge in [0.2, 0.25) is 0 Å². The Kier molecular flexibility index (Phi) is 4.49. The van der Waals surface area contributed by atoms with Gasteiger partial charge in [0, 0.05) is 0 Å². The molecule has 4 nitrogen and oxygen atoms in total. The lowest BCUT2D eigenvalue weighted by atomic mass is 10.1. The van der Waals surface area contributed by atoms with Gasteiger partial charge in [0.15, 0.2) is 9.84 Å². The van der Waals surface area contributed by atoms with E-state index in [4.69, 9.17) is 5.26 Å². The van der Waals surface area contributed by atoms with Crippen molar-refractivity contribution in [2.24, 2.45) is 0 Å². The Balaban J connectivity index is 3.12. The Labute approximate surface area is 109 Å². The third kappa shape index (κ3) is 2.89. The summed E-state index contributed by atoms with van der Waals surface area (Å²) in [6.45, 7) is 3.31. The van der Waals surface area contributed by atoms with Gasteiger partial charge in [0.1, 0.15) is 6.04 Å². The van der Waals surface area contributed by atoms with E-state index in [-0.39, 0.29) is 6.04 Å². The van der Waals surface area contributed by atoms with Crippen LogP contribution in [0.4, 0.5) is 0 Å². The zero-order valence-corrected chi connectivity index (χ0v) is 11.9. The minimum absolute atomic E-state index is 0.302. The van der Waals surface area contributed by atoms with Crippen molar-refractivity contribution in [3.63, 3.8) is 0 Å². The van der Waals surface area contributed by atoms with E-state index in [1.807, 2.05) is 14.1 Å². The van der Waals surface area contributed by atoms with Crippen LogP contribution in [-0.4, -0.2) is 32.7 Å². The summed E-state index contributed by atoms with van der Waals surface area (Å²) in [7, 11) is 0.381. The average molecular weight is 266 g/mol. The van der Waals surface area contributed by atoms with Gasteiger partial charge in [-0.3, -0.25) is 4.90 Å².